The fourth-order valence-corrected chi connectivity index (χ4v) is 9.15. The summed E-state index contributed by atoms with van der Waals surface area (Å²) >= 11 is 17.5. The van der Waals surface area contributed by atoms with E-state index in [0.717, 1.165) is 17.0 Å². The second-order valence-electron chi connectivity index (χ2n) is 12.2. The summed E-state index contributed by atoms with van der Waals surface area (Å²) in [4.78, 5) is 76.9. The van der Waals surface area contributed by atoms with Crippen LogP contribution < -0.4 is 14.5 Å². The third kappa shape index (κ3) is 4.38. The lowest BCUT2D eigenvalue weighted by Gasteiger charge is -2.50. The zero-order chi connectivity index (χ0) is 35.2. The molecule has 3 fully saturated rings. The SMILES string of the molecule is COc1ccc([C@H]2C3=CC[C@@H]4C(=O)N(c5cc([N+](=O)[O-])c(N(C)C)c([N+](=O)[O-])c5)C(=O)[C@@H]4[C@@H]3C[C@@]3(Cl)C(=O)N(CBr)C(=O)[C@@]23Cl)cc1O. The second-order valence-corrected chi connectivity index (χ2v) is 13.9. The smallest absolute Gasteiger partial charge is 0.301 e. The van der Waals surface area contributed by atoms with Crippen LogP contribution in [0.25, 0.3) is 0 Å². The molecule has 0 spiro atoms. The second kappa shape index (κ2) is 11.4. The van der Waals surface area contributed by atoms with E-state index in [1.54, 1.807) is 12.1 Å². The Balaban J connectivity index is 1.51. The van der Waals surface area contributed by atoms with Crippen LogP contribution in [0.4, 0.5) is 22.7 Å². The molecule has 15 nitrogen and oxygen atoms in total. The maximum absolute atomic E-state index is 14.3. The number of nitro benzene ring substituents is 2. The third-order valence-corrected chi connectivity index (χ3v) is 11.6. The quantitative estimate of drug-likeness (QED) is 0.106. The number of phenols is 1. The van der Waals surface area contributed by atoms with Gasteiger partial charge >= 0.3 is 11.4 Å². The standard InChI is InChI=1S/C30H26BrCl2N5O10/c1-34(2)24-18(37(44)45)9-14(10-19(24)38(46)47)36-25(40)16-6-5-15-17(22(16)26(36)41)11-29(32)27(42)35(12-31)28(43)30(29,33)23(15)13-4-7-21(48-3)20(39)8-13/h4-5,7-10,16-17,22-23,39H,6,11-12H2,1-3H3/t16-,17+,22-,23-,29+,30-/m0/s1. The Morgan fingerprint density at radius 3 is 2.17 bits per heavy atom. The van der Waals surface area contributed by atoms with E-state index in [0.29, 0.717) is 16.0 Å². The summed E-state index contributed by atoms with van der Waals surface area (Å²) in [5, 5.41) is 34.7. The van der Waals surface area contributed by atoms with E-state index < -0.39 is 78.3 Å². The van der Waals surface area contributed by atoms with Gasteiger partial charge in [0, 0.05) is 32.1 Å². The number of ether oxygens (including phenoxy) is 1. The first-order valence-electron chi connectivity index (χ1n) is 14.4. The van der Waals surface area contributed by atoms with Crippen molar-refractivity contribution in [3.8, 4) is 11.5 Å². The molecule has 2 aromatic rings. The number of phenolic OH excluding ortho intramolecular Hbond substituents is 1. The number of methoxy groups -OCH3 is 1. The Bertz CT molecular complexity index is 1850. The number of amides is 4. The lowest BCUT2D eigenvalue weighted by molar-refractivity contribution is -0.392. The number of allylic oxidation sites excluding steroid dienone is 2. The number of hydrogen-bond acceptors (Lipinski definition) is 11. The van der Waals surface area contributed by atoms with Crippen LogP contribution in [-0.4, -0.2) is 79.9 Å². The fourth-order valence-electron chi connectivity index (χ4n) is 7.72. The van der Waals surface area contributed by atoms with Crippen LogP contribution in [0.3, 0.4) is 0 Å². The summed E-state index contributed by atoms with van der Waals surface area (Å²) in [6.07, 6.45) is 1.31. The Morgan fingerprint density at radius 1 is 1.02 bits per heavy atom. The third-order valence-electron chi connectivity index (χ3n) is 9.70. The summed E-state index contributed by atoms with van der Waals surface area (Å²) in [7, 11) is 4.12. The van der Waals surface area contributed by atoms with E-state index in [1.807, 2.05) is 0 Å². The highest BCUT2D eigenvalue weighted by Gasteiger charge is 2.76. The predicted octanol–water partition coefficient (Wildman–Crippen LogP) is 4.20. The van der Waals surface area contributed by atoms with Crippen molar-refractivity contribution in [2.24, 2.45) is 17.8 Å². The van der Waals surface area contributed by atoms with Crippen LogP contribution in [0.5, 0.6) is 11.5 Å². The summed E-state index contributed by atoms with van der Waals surface area (Å²) in [6, 6.07) is 6.20. The number of likely N-dealkylation sites (tertiary alicyclic amines) is 1. The topological polar surface area (TPSA) is 194 Å². The van der Waals surface area contributed by atoms with Crippen molar-refractivity contribution in [2.75, 3.05) is 36.5 Å². The number of imide groups is 2. The number of nitro groups is 2. The van der Waals surface area contributed by atoms with Crippen LogP contribution in [0.2, 0.25) is 0 Å². The first kappa shape index (κ1) is 33.6. The molecule has 2 aromatic carbocycles. The molecule has 48 heavy (non-hydrogen) atoms. The maximum atomic E-state index is 14.3. The van der Waals surface area contributed by atoms with Gasteiger partial charge in [-0.25, -0.2) is 4.90 Å². The largest absolute Gasteiger partial charge is 0.504 e. The molecule has 1 saturated carbocycles. The Kier molecular flexibility index (Phi) is 7.99. The van der Waals surface area contributed by atoms with Gasteiger partial charge < -0.3 is 14.7 Å². The average Bonchev–Trinajstić information content (AvgIpc) is 3.37. The van der Waals surface area contributed by atoms with Crippen molar-refractivity contribution in [3.63, 3.8) is 0 Å². The van der Waals surface area contributed by atoms with E-state index in [-0.39, 0.29) is 41.2 Å². The van der Waals surface area contributed by atoms with Crippen LogP contribution in [0, 0.1) is 38.0 Å². The summed E-state index contributed by atoms with van der Waals surface area (Å²) < 4.78 is 5.17. The molecular formula is C30H26BrCl2N5O10. The van der Waals surface area contributed by atoms with Gasteiger partial charge in [0.25, 0.3) is 11.8 Å². The predicted molar refractivity (Wildman–Crippen MR) is 175 cm³/mol. The molecule has 2 saturated heterocycles. The van der Waals surface area contributed by atoms with Gasteiger partial charge in [-0.05, 0) is 36.5 Å². The van der Waals surface area contributed by atoms with Gasteiger partial charge in [-0.2, -0.15) is 0 Å². The molecule has 0 bridgehead atoms. The highest BCUT2D eigenvalue weighted by Crippen LogP contribution is 2.66. The lowest BCUT2D eigenvalue weighted by atomic mass is 9.56. The van der Waals surface area contributed by atoms with Gasteiger partial charge in [0.05, 0.1) is 39.9 Å². The highest BCUT2D eigenvalue weighted by molar-refractivity contribution is 9.09. The van der Waals surface area contributed by atoms with Crippen molar-refractivity contribution in [3.05, 3.63) is 67.8 Å². The minimum Gasteiger partial charge on any atom is -0.504 e. The minimum atomic E-state index is -2.11. The van der Waals surface area contributed by atoms with Gasteiger partial charge in [0.1, 0.15) is 0 Å². The Morgan fingerprint density at radius 2 is 1.65 bits per heavy atom. The number of carbonyl (C=O) groups is 4. The average molecular weight is 767 g/mol. The molecule has 1 N–H and O–H groups in total. The van der Waals surface area contributed by atoms with Crippen molar-refractivity contribution in [1.82, 2.24) is 4.90 Å². The molecule has 4 aliphatic rings. The van der Waals surface area contributed by atoms with Crippen molar-refractivity contribution in [2.45, 2.75) is 28.5 Å². The molecule has 0 unspecified atom stereocenters. The van der Waals surface area contributed by atoms with Crippen LogP contribution in [0.1, 0.15) is 24.3 Å². The van der Waals surface area contributed by atoms with Gasteiger partial charge in [0.2, 0.25) is 11.8 Å². The summed E-state index contributed by atoms with van der Waals surface area (Å²) in [5.74, 6) is -7.63. The zero-order valence-electron chi connectivity index (χ0n) is 25.4. The highest BCUT2D eigenvalue weighted by atomic mass is 79.9. The van der Waals surface area contributed by atoms with E-state index >= 15 is 0 Å². The molecule has 6 rings (SSSR count). The van der Waals surface area contributed by atoms with Crippen molar-refractivity contribution < 1.29 is 38.9 Å². The maximum Gasteiger partial charge on any atom is 0.301 e. The lowest BCUT2D eigenvalue weighted by Crippen LogP contribution is -2.60. The fraction of sp³-hybridized carbons (Fsp3) is 0.400. The van der Waals surface area contributed by atoms with Gasteiger partial charge in [-0.15, -0.1) is 23.2 Å². The van der Waals surface area contributed by atoms with Gasteiger partial charge in [-0.3, -0.25) is 44.3 Å². The van der Waals surface area contributed by atoms with E-state index in [2.05, 4.69) is 15.9 Å². The number of halogens is 3. The first-order valence-corrected chi connectivity index (χ1v) is 16.3. The molecule has 0 aromatic heterocycles. The van der Waals surface area contributed by atoms with Crippen LogP contribution in [0.15, 0.2) is 42.0 Å². The minimum absolute atomic E-state index is 0.0251. The molecule has 18 heteroatoms. The van der Waals surface area contributed by atoms with E-state index in [4.69, 9.17) is 27.9 Å². The van der Waals surface area contributed by atoms with Crippen molar-refractivity contribution in [1.29, 1.82) is 0 Å². The first-order chi connectivity index (χ1) is 22.5. The molecule has 2 aliphatic heterocycles. The summed E-state index contributed by atoms with van der Waals surface area (Å²) in [6.45, 7) is 0. The molecule has 2 heterocycles. The molecule has 252 valence electrons. The Hall–Kier alpha value is -4.28. The number of fused-ring (bicyclic) bond motifs is 4. The number of benzene rings is 2. The zero-order valence-corrected chi connectivity index (χ0v) is 28.5. The monoisotopic (exact) mass is 765 g/mol. The van der Waals surface area contributed by atoms with Gasteiger partial charge in [0.15, 0.2) is 26.9 Å². The van der Waals surface area contributed by atoms with Crippen molar-refractivity contribution >= 4 is 85.5 Å². The number of alkyl halides is 3. The number of aromatic hydroxyl groups is 1. The molecule has 4 amide bonds. The summed E-state index contributed by atoms with van der Waals surface area (Å²) in [5.41, 5.74) is -1.56. The number of carbonyl (C=O) groups excluding carboxylic acids is 4. The number of nitrogens with zero attached hydrogens (tertiary/aromatic N) is 5. The van der Waals surface area contributed by atoms with E-state index in [9.17, 15) is 44.5 Å². The molecular weight excluding hydrogens is 741 g/mol. The van der Waals surface area contributed by atoms with Crippen LogP contribution >= 0.6 is 39.1 Å². The van der Waals surface area contributed by atoms with Gasteiger partial charge in [-0.1, -0.05) is 33.6 Å². The van der Waals surface area contributed by atoms with Crippen LogP contribution in [-0.2, 0) is 19.2 Å². The van der Waals surface area contributed by atoms with E-state index in [1.165, 1.54) is 38.2 Å². The molecule has 6 atom stereocenters. The number of hydrogen-bond donors (Lipinski definition) is 1. The Labute approximate surface area is 290 Å². The normalized spacial score (nSPS) is 29.3. The molecule has 0 radical (unpaired) electrons. The number of rotatable bonds is 7. The number of anilines is 2. The molecule has 2 aliphatic carbocycles.